The van der Waals surface area contributed by atoms with Crippen molar-refractivity contribution in [3.8, 4) is 0 Å². The van der Waals surface area contributed by atoms with Crippen molar-refractivity contribution in [1.82, 2.24) is 4.98 Å². The molecule has 0 spiro atoms. The minimum atomic E-state index is -0.873. The molecule has 0 aromatic carbocycles. The van der Waals surface area contributed by atoms with Gasteiger partial charge in [-0.15, -0.1) is 0 Å². The fourth-order valence-electron chi connectivity index (χ4n) is 1.01. The van der Waals surface area contributed by atoms with Crippen LogP contribution in [-0.2, 0) is 4.79 Å². The molecule has 0 aliphatic heterocycles. The van der Waals surface area contributed by atoms with Crippen molar-refractivity contribution in [2.75, 3.05) is 0 Å². The normalized spacial score (nSPS) is 10.6. The van der Waals surface area contributed by atoms with Gasteiger partial charge in [-0.05, 0) is 18.6 Å². The molecule has 14 heavy (non-hydrogen) atoms. The van der Waals surface area contributed by atoms with Crippen LogP contribution in [0.3, 0.4) is 0 Å². The third kappa shape index (κ3) is 2.90. The SMILES string of the molecule is Cc1cc(C=CCC(=O)O)c[nH]c1=O. The summed E-state index contributed by atoms with van der Waals surface area (Å²) < 4.78 is 0. The highest BCUT2D eigenvalue weighted by atomic mass is 16.4. The van der Waals surface area contributed by atoms with Gasteiger partial charge < -0.3 is 10.1 Å². The van der Waals surface area contributed by atoms with Crippen molar-refractivity contribution < 1.29 is 9.90 Å². The Labute approximate surface area is 80.9 Å². The maximum Gasteiger partial charge on any atom is 0.307 e. The molecule has 0 aliphatic rings. The average molecular weight is 193 g/mol. The molecule has 0 atom stereocenters. The van der Waals surface area contributed by atoms with Gasteiger partial charge in [0.2, 0.25) is 0 Å². The van der Waals surface area contributed by atoms with Gasteiger partial charge in [0.25, 0.3) is 5.56 Å². The van der Waals surface area contributed by atoms with Crippen molar-refractivity contribution in [2.24, 2.45) is 0 Å². The zero-order valence-corrected chi connectivity index (χ0v) is 7.78. The molecule has 1 heterocycles. The summed E-state index contributed by atoms with van der Waals surface area (Å²) in [5, 5.41) is 8.38. The number of aliphatic carboxylic acids is 1. The van der Waals surface area contributed by atoms with Crippen LogP contribution in [0.4, 0.5) is 0 Å². The predicted molar refractivity (Wildman–Crippen MR) is 53.1 cm³/mol. The largest absolute Gasteiger partial charge is 0.481 e. The molecular weight excluding hydrogens is 182 g/mol. The van der Waals surface area contributed by atoms with Crippen LogP contribution in [0.25, 0.3) is 6.08 Å². The number of aryl methyl sites for hydroxylation is 1. The lowest BCUT2D eigenvalue weighted by atomic mass is 10.2. The first-order valence-corrected chi connectivity index (χ1v) is 4.17. The maximum absolute atomic E-state index is 11.0. The highest BCUT2D eigenvalue weighted by Gasteiger charge is 1.94. The molecule has 0 radical (unpaired) electrons. The lowest BCUT2D eigenvalue weighted by Gasteiger charge is -1.94. The molecule has 1 aromatic heterocycles. The second-order valence-electron chi connectivity index (χ2n) is 2.95. The number of pyridine rings is 1. The first-order chi connectivity index (χ1) is 6.59. The van der Waals surface area contributed by atoms with Crippen LogP contribution in [0.15, 0.2) is 23.1 Å². The standard InChI is InChI=1S/C10H11NO3/c1-7-5-8(6-11-10(7)14)3-2-4-9(12)13/h2-3,5-6H,4H2,1H3,(H,11,14)(H,12,13). The Morgan fingerprint density at radius 2 is 2.36 bits per heavy atom. The van der Waals surface area contributed by atoms with E-state index in [4.69, 9.17) is 5.11 Å². The number of aromatic amines is 1. The van der Waals surface area contributed by atoms with Crippen molar-refractivity contribution in [1.29, 1.82) is 0 Å². The molecule has 74 valence electrons. The number of nitrogens with one attached hydrogen (secondary N) is 1. The van der Waals surface area contributed by atoms with Crippen LogP contribution in [0, 0.1) is 6.92 Å². The van der Waals surface area contributed by atoms with Crippen LogP contribution in [0.1, 0.15) is 17.5 Å². The van der Waals surface area contributed by atoms with Gasteiger partial charge in [0.05, 0.1) is 6.42 Å². The second kappa shape index (κ2) is 4.41. The van der Waals surface area contributed by atoms with Gasteiger partial charge in [-0.2, -0.15) is 0 Å². The minimum Gasteiger partial charge on any atom is -0.481 e. The highest BCUT2D eigenvalue weighted by molar-refractivity contribution is 5.70. The van der Waals surface area contributed by atoms with Gasteiger partial charge in [0.15, 0.2) is 0 Å². The lowest BCUT2D eigenvalue weighted by molar-refractivity contribution is -0.135. The van der Waals surface area contributed by atoms with Gasteiger partial charge in [-0.1, -0.05) is 12.2 Å². The van der Waals surface area contributed by atoms with E-state index in [0.29, 0.717) is 5.56 Å². The Morgan fingerprint density at radius 3 is 2.93 bits per heavy atom. The first kappa shape index (κ1) is 10.2. The monoisotopic (exact) mass is 193 g/mol. The lowest BCUT2D eigenvalue weighted by Crippen LogP contribution is -2.07. The molecule has 0 saturated carbocycles. The summed E-state index contributed by atoms with van der Waals surface area (Å²) in [5.41, 5.74) is 1.28. The molecule has 0 saturated heterocycles. The Kier molecular flexibility index (Phi) is 3.23. The van der Waals surface area contributed by atoms with E-state index < -0.39 is 5.97 Å². The van der Waals surface area contributed by atoms with Crippen LogP contribution >= 0.6 is 0 Å². The average Bonchev–Trinajstić information content (AvgIpc) is 2.10. The second-order valence-corrected chi connectivity index (χ2v) is 2.95. The number of aromatic nitrogens is 1. The van der Waals surface area contributed by atoms with Gasteiger partial charge in [0.1, 0.15) is 0 Å². The molecule has 0 amide bonds. The summed E-state index contributed by atoms with van der Waals surface area (Å²) in [4.78, 5) is 23.7. The van der Waals surface area contributed by atoms with Crippen LogP contribution in [0.5, 0.6) is 0 Å². The third-order valence-electron chi connectivity index (χ3n) is 1.71. The van der Waals surface area contributed by atoms with Crippen LogP contribution < -0.4 is 5.56 Å². The summed E-state index contributed by atoms with van der Waals surface area (Å²) >= 11 is 0. The van der Waals surface area contributed by atoms with Crippen molar-refractivity contribution >= 4 is 12.0 Å². The van der Waals surface area contributed by atoms with E-state index in [9.17, 15) is 9.59 Å². The van der Waals surface area contributed by atoms with Crippen molar-refractivity contribution in [2.45, 2.75) is 13.3 Å². The van der Waals surface area contributed by atoms with E-state index in [1.54, 1.807) is 25.3 Å². The van der Waals surface area contributed by atoms with E-state index >= 15 is 0 Å². The summed E-state index contributed by atoms with van der Waals surface area (Å²) in [5.74, 6) is -0.873. The fraction of sp³-hybridized carbons (Fsp3) is 0.200. The summed E-state index contributed by atoms with van der Waals surface area (Å²) in [6, 6.07) is 1.71. The molecule has 4 heteroatoms. The van der Waals surface area contributed by atoms with E-state index in [-0.39, 0.29) is 12.0 Å². The molecule has 0 bridgehead atoms. The molecule has 1 aromatic rings. The summed E-state index contributed by atoms with van der Waals surface area (Å²) in [6.45, 7) is 1.70. The van der Waals surface area contributed by atoms with Crippen molar-refractivity contribution in [3.05, 3.63) is 39.8 Å². The molecule has 0 unspecified atom stereocenters. The maximum atomic E-state index is 11.0. The van der Waals surface area contributed by atoms with E-state index in [1.807, 2.05) is 0 Å². The molecule has 2 N–H and O–H groups in total. The number of hydrogen-bond donors (Lipinski definition) is 2. The summed E-state index contributed by atoms with van der Waals surface area (Å²) in [7, 11) is 0. The first-order valence-electron chi connectivity index (χ1n) is 4.17. The third-order valence-corrected chi connectivity index (χ3v) is 1.71. The van der Waals surface area contributed by atoms with E-state index in [1.165, 1.54) is 6.08 Å². The molecule has 0 aliphatic carbocycles. The van der Waals surface area contributed by atoms with E-state index in [2.05, 4.69) is 4.98 Å². The fourth-order valence-corrected chi connectivity index (χ4v) is 1.01. The number of rotatable bonds is 3. The van der Waals surface area contributed by atoms with Gasteiger partial charge in [0, 0.05) is 11.8 Å². The smallest absolute Gasteiger partial charge is 0.307 e. The Morgan fingerprint density at radius 1 is 1.64 bits per heavy atom. The zero-order chi connectivity index (χ0) is 10.6. The topological polar surface area (TPSA) is 70.2 Å². The van der Waals surface area contributed by atoms with Crippen molar-refractivity contribution in [3.63, 3.8) is 0 Å². The van der Waals surface area contributed by atoms with Crippen LogP contribution in [-0.4, -0.2) is 16.1 Å². The molecule has 0 fully saturated rings. The van der Waals surface area contributed by atoms with Crippen LogP contribution in [0.2, 0.25) is 0 Å². The van der Waals surface area contributed by atoms with Gasteiger partial charge in [-0.25, -0.2) is 0 Å². The Hall–Kier alpha value is -1.84. The zero-order valence-electron chi connectivity index (χ0n) is 7.78. The number of carbonyl (C=O) groups is 1. The molecule has 1 rings (SSSR count). The Bertz CT molecular complexity index is 418. The minimum absolute atomic E-state index is 0.0157. The van der Waals surface area contributed by atoms with E-state index in [0.717, 1.165) is 5.56 Å². The van der Waals surface area contributed by atoms with Gasteiger partial charge >= 0.3 is 5.97 Å². The molecular formula is C10H11NO3. The predicted octanol–water partition coefficient (Wildman–Crippen LogP) is 1.17. The Balaban J connectivity index is 2.78. The highest BCUT2D eigenvalue weighted by Crippen LogP contribution is 2.01. The van der Waals surface area contributed by atoms with Gasteiger partial charge in [-0.3, -0.25) is 9.59 Å². The quantitative estimate of drug-likeness (QED) is 0.757. The summed E-state index contributed by atoms with van der Waals surface area (Å²) in [6.07, 6.45) is 4.73. The number of carboxylic acid groups (broad SMARTS) is 1. The molecule has 4 nitrogen and oxygen atoms in total. The number of hydrogen-bond acceptors (Lipinski definition) is 2. The number of carboxylic acids is 1. The number of H-pyrrole nitrogens is 1.